The molecule has 1 aliphatic rings. The Morgan fingerprint density at radius 1 is 1.33 bits per heavy atom. The molecule has 1 fully saturated rings. The van der Waals surface area contributed by atoms with Crippen molar-refractivity contribution in [2.75, 3.05) is 13.2 Å². The van der Waals surface area contributed by atoms with Crippen molar-refractivity contribution in [2.45, 2.75) is 19.4 Å². The molecule has 0 aromatic heterocycles. The minimum Gasteiger partial charge on any atom is -0.450 e. The van der Waals surface area contributed by atoms with Gasteiger partial charge in [-0.25, -0.2) is 9.59 Å². The van der Waals surface area contributed by atoms with E-state index in [-0.39, 0.29) is 6.61 Å². The van der Waals surface area contributed by atoms with E-state index >= 15 is 0 Å². The summed E-state index contributed by atoms with van der Waals surface area (Å²) in [7, 11) is 0. The highest BCUT2D eigenvalue weighted by atomic mass is 35.5. The third-order valence-electron chi connectivity index (χ3n) is 3.51. The summed E-state index contributed by atoms with van der Waals surface area (Å²) < 4.78 is 4.56. The number of ether oxygens (including phenoxy) is 1. The quantitative estimate of drug-likeness (QED) is 0.796. The summed E-state index contributed by atoms with van der Waals surface area (Å²) in [6, 6.07) is 5.84. The minimum absolute atomic E-state index is 0.0901. The Bertz CT molecular complexity index is 708. The average molecular weight is 354 g/mol. The molecular formula is C15H16ClN3O5. The zero-order valence-electron chi connectivity index (χ0n) is 13.1. The molecule has 2 rings (SSSR count). The number of alkyl carbamates (subject to hydrolysis) is 1. The Kier molecular flexibility index (Phi) is 5.08. The van der Waals surface area contributed by atoms with E-state index in [2.05, 4.69) is 10.1 Å². The lowest BCUT2D eigenvalue weighted by Crippen LogP contribution is -2.44. The van der Waals surface area contributed by atoms with Gasteiger partial charge in [0.25, 0.3) is 5.91 Å². The van der Waals surface area contributed by atoms with E-state index in [1.54, 1.807) is 31.2 Å². The molecule has 8 nitrogen and oxygen atoms in total. The highest BCUT2D eigenvalue weighted by molar-refractivity contribution is 6.32. The van der Waals surface area contributed by atoms with Crippen molar-refractivity contribution in [3.8, 4) is 0 Å². The summed E-state index contributed by atoms with van der Waals surface area (Å²) in [4.78, 5) is 48.4. The second-order valence-electron chi connectivity index (χ2n) is 5.19. The fourth-order valence-corrected chi connectivity index (χ4v) is 2.68. The SMILES string of the molecule is CCOC(=O)NC(=O)CN1C(=O)NC(C)(c2ccccc2Cl)C1=O. The molecule has 0 saturated carbocycles. The van der Waals surface area contributed by atoms with Gasteiger partial charge < -0.3 is 10.1 Å². The van der Waals surface area contributed by atoms with Crippen LogP contribution in [0.2, 0.25) is 5.02 Å². The lowest BCUT2D eigenvalue weighted by Gasteiger charge is -2.23. The molecule has 1 unspecified atom stereocenters. The van der Waals surface area contributed by atoms with Gasteiger partial charge in [0.05, 0.1) is 6.61 Å². The Morgan fingerprint density at radius 2 is 2.00 bits per heavy atom. The minimum atomic E-state index is -1.39. The second kappa shape index (κ2) is 6.88. The molecule has 24 heavy (non-hydrogen) atoms. The first-order valence-corrected chi connectivity index (χ1v) is 7.53. The van der Waals surface area contributed by atoms with Crippen molar-refractivity contribution in [3.63, 3.8) is 0 Å². The van der Waals surface area contributed by atoms with E-state index in [4.69, 9.17) is 11.6 Å². The first-order valence-electron chi connectivity index (χ1n) is 7.15. The number of hydrogen-bond acceptors (Lipinski definition) is 5. The summed E-state index contributed by atoms with van der Waals surface area (Å²) >= 11 is 6.10. The van der Waals surface area contributed by atoms with Gasteiger partial charge in [0, 0.05) is 10.6 Å². The van der Waals surface area contributed by atoms with Crippen LogP contribution < -0.4 is 10.6 Å². The number of benzene rings is 1. The fraction of sp³-hybridized carbons (Fsp3) is 0.333. The van der Waals surface area contributed by atoms with Gasteiger partial charge in [-0.2, -0.15) is 0 Å². The number of amides is 5. The van der Waals surface area contributed by atoms with Gasteiger partial charge in [0.1, 0.15) is 12.1 Å². The van der Waals surface area contributed by atoms with E-state index in [0.717, 1.165) is 4.90 Å². The predicted molar refractivity (Wildman–Crippen MR) is 84.2 cm³/mol. The first kappa shape index (κ1) is 17.7. The maximum absolute atomic E-state index is 12.6. The Balaban J connectivity index is 2.16. The van der Waals surface area contributed by atoms with Gasteiger partial charge in [0.2, 0.25) is 5.91 Å². The molecule has 1 saturated heterocycles. The van der Waals surface area contributed by atoms with Crippen LogP contribution in [0.4, 0.5) is 9.59 Å². The maximum atomic E-state index is 12.6. The highest BCUT2D eigenvalue weighted by Crippen LogP contribution is 2.33. The second-order valence-corrected chi connectivity index (χ2v) is 5.60. The van der Waals surface area contributed by atoms with E-state index < -0.39 is 36.0 Å². The fourth-order valence-electron chi connectivity index (χ4n) is 2.35. The lowest BCUT2D eigenvalue weighted by atomic mass is 9.92. The van der Waals surface area contributed by atoms with Gasteiger partial charge in [-0.3, -0.25) is 19.8 Å². The Hall–Kier alpha value is -2.61. The van der Waals surface area contributed by atoms with Crippen LogP contribution in [0.25, 0.3) is 0 Å². The number of nitrogens with one attached hydrogen (secondary N) is 2. The molecule has 1 atom stereocenters. The number of carbonyl (C=O) groups is 4. The number of hydrogen-bond donors (Lipinski definition) is 2. The summed E-state index contributed by atoms with van der Waals surface area (Å²) in [5.41, 5.74) is -0.974. The Labute approximate surface area is 143 Å². The summed E-state index contributed by atoms with van der Waals surface area (Å²) in [5, 5.41) is 4.77. The molecular weight excluding hydrogens is 338 g/mol. The standard InChI is InChI=1S/C15H16ClN3O5/c1-3-24-14(23)17-11(20)8-19-12(21)15(2,18-13(19)22)9-6-4-5-7-10(9)16/h4-7H,3,8H2,1-2H3,(H,18,22)(H,17,20,23). The molecule has 0 aliphatic carbocycles. The summed E-state index contributed by atoms with van der Waals surface area (Å²) in [5.74, 6) is -1.47. The number of urea groups is 1. The number of nitrogens with zero attached hydrogens (tertiary/aromatic N) is 1. The van der Waals surface area contributed by atoms with Gasteiger partial charge in [-0.05, 0) is 19.9 Å². The van der Waals surface area contributed by atoms with Crippen LogP contribution in [0.15, 0.2) is 24.3 Å². The van der Waals surface area contributed by atoms with Gasteiger partial charge in [-0.1, -0.05) is 29.8 Å². The van der Waals surface area contributed by atoms with E-state index in [9.17, 15) is 19.2 Å². The zero-order valence-corrected chi connectivity index (χ0v) is 13.8. The molecule has 128 valence electrons. The molecule has 0 radical (unpaired) electrons. The van der Waals surface area contributed by atoms with Crippen LogP contribution in [-0.4, -0.2) is 42.0 Å². The molecule has 1 aliphatic heterocycles. The molecule has 1 heterocycles. The number of carbonyl (C=O) groups excluding carboxylic acids is 4. The van der Waals surface area contributed by atoms with E-state index in [1.807, 2.05) is 5.32 Å². The molecule has 9 heteroatoms. The van der Waals surface area contributed by atoms with E-state index in [1.165, 1.54) is 6.92 Å². The number of imide groups is 2. The molecule has 1 aromatic rings. The number of rotatable bonds is 4. The molecule has 2 N–H and O–H groups in total. The smallest absolute Gasteiger partial charge is 0.413 e. The highest BCUT2D eigenvalue weighted by Gasteiger charge is 2.50. The van der Waals surface area contributed by atoms with Crippen LogP contribution in [0.1, 0.15) is 19.4 Å². The van der Waals surface area contributed by atoms with Crippen molar-refractivity contribution < 1.29 is 23.9 Å². The molecule has 0 spiro atoms. The lowest BCUT2D eigenvalue weighted by molar-refractivity contribution is -0.134. The van der Waals surface area contributed by atoms with Gasteiger partial charge in [0.15, 0.2) is 0 Å². The monoisotopic (exact) mass is 353 g/mol. The summed E-state index contributed by atoms with van der Waals surface area (Å²) in [6.07, 6.45) is -0.941. The number of halogens is 1. The van der Waals surface area contributed by atoms with Crippen molar-refractivity contribution >= 4 is 35.5 Å². The van der Waals surface area contributed by atoms with Crippen molar-refractivity contribution in [1.82, 2.24) is 15.5 Å². The van der Waals surface area contributed by atoms with Crippen molar-refractivity contribution in [1.29, 1.82) is 0 Å². The zero-order chi connectivity index (χ0) is 17.9. The molecule has 1 aromatic carbocycles. The van der Waals surface area contributed by atoms with Gasteiger partial charge in [-0.15, -0.1) is 0 Å². The summed E-state index contributed by atoms with van der Waals surface area (Å²) in [6.45, 7) is 2.56. The third kappa shape index (κ3) is 3.33. The molecule has 0 bridgehead atoms. The van der Waals surface area contributed by atoms with Crippen LogP contribution in [0.5, 0.6) is 0 Å². The first-order chi connectivity index (χ1) is 11.3. The predicted octanol–water partition coefficient (Wildman–Crippen LogP) is 1.38. The Morgan fingerprint density at radius 3 is 2.62 bits per heavy atom. The van der Waals surface area contributed by atoms with Crippen molar-refractivity contribution in [3.05, 3.63) is 34.9 Å². The largest absolute Gasteiger partial charge is 0.450 e. The molecule has 5 amide bonds. The maximum Gasteiger partial charge on any atom is 0.413 e. The van der Waals surface area contributed by atoms with Crippen molar-refractivity contribution in [2.24, 2.45) is 0 Å². The van der Waals surface area contributed by atoms with Gasteiger partial charge >= 0.3 is 12.1 Å². The average Bonchev–Trinajstić information content (AvgIpc) is 2.72. The topological polar surface area (TPSA) is 105 Å². The van der Waals surface area contributed by atoms with Crippen LogP contribution >= 0.6 is 11.6 Å². The van der Waals surface area contributed by atoms with Crippen LogP contribution in [0.3, 0.4) is 0 Å². The van der Waals surface area contributed by atoms with Crippen LogP contribution in [0, 0.1) is 0 Å². The third-order valence-corrected chi connectivity index (χ3v) is 3.84. The van der Waals surface area contributed by atoms with Crippen LogP contribution in [-0.2, 0) is 19.9 Å². The van der Waals surface area contributed by atoms with E-state index in [0.29, 0.717) is 10.6 Å². The normalized spacial score (nSPS) is 19.9.